The van der Waals surface area contributed by atoms with Crippen LogP contribution in [0, 0.1) is 0 Å². The maximum Gasteiger partial charge on any atom is 0.0546 e. The smallest absolute Gasteiger partial charge is 0.0546 e. The van der Waals surface area contributed by atoms with Gasteiger partial charge in [0.05, 0.1) is 5.69 Å². The minimum Gasteiger partial charge on any atom is -0.310 e. The highest BCUT2D eigenvalue weighted by Gasteiger charge is 2.36. The minimum atomic E-state index is -0.144. The number of rotatable bonds is 4. The Morgan fingerprint density at radius 1 is 0.310 bits per heavy atom. The summed E-state index contributed by atoms with van der Waals surface area (Å²) in [6.45, 7) is 4.74. The van der Waals surface area contributed by atoms with Gasteiger partial charge in [-0.25, -0.2) is 0 Å². The molecule has 10 aromatic carbocycles. The van der Waals surface area contributed by atoms with Crippen molar-refractivity contribution in [3.63, 3.8) is 0 Å². The Balaban J connectivity index is 1.30. The van der Waals surface area contributed by atoms with Crippen LogP contribution in [0.2, 0.25) is 0 Å². The minimum absolute atomic E-state index is 0.144. The third kappa shape index (κ3) is 5.31. The molecule has 1 nitrogen and oxygen atoms in total. The molecule has 0 saturated carbocycles. The summed E-state index contributed by atoms with van der Waals surface area (Å²) < 4.78 is 0. The topological polar surface area (TPSA) is 3.24 Å². The fourth-order valence-electron chi connectivity index (χ4n) is 9.72. The quantitative estimate of drug-likeness (QED) is 0.174. The van der Waals surface area contributed by atoms with Gasteiger partial charge in [0.25, 0.3) is 0 Å². The van der Waals surface area contributed by atoms with Crippen LogP contribution in [0.1, 0.15) is 25.0 Å². The molecule has 0 saturated heterocycles. The van der Waals surface area contributed by atoms with E-state index in [2.05, 4.69) is 231 Å². The van der Waals surface area contributed by atoms with E-state index in [9.17, 15) is 0 Å². The van der Waals surface area contributed by atoms with Gasteiger partial charge in [0, 0.05) is 22.2 Å². The molecule has 10 aromatic rings. The monoisotopic (exact) mass is 739 g/mol. The van der Waals surface area contributed by atoms with Crippen LogP contribution in [0.4, 0.5) is 17.1 Å². The first-order chi connectivity index (χ1) is 28.6. The number of hydrogen-bond donors (Lipinski definition) is 0. The number of fused-ring (bicyclic) bond motifs is 13. The van der Waals surface area contributed by atoms with Gasteiger partial charge in [-0.2, -0.15) is 0 Å². The van der Waals surface area contributed by atoms with Crippen molar-refractivity contribution in [2.24, 2.45) is 0 Å². The van der Waals surface area contributed by atoms with E-state index in [1.807, 2.05) is 0 Å². The van der Waals surface area contributed by atoms with E-state index in [0.717, 1.165) is 17.1 Å². The highest BCUT2D eigenvalue weighted by Crippen LogP contribution is 2.51. The van der Waals surface area contributed by atoms with E-state index in [0.29, 0.717) is 0 Å². The number of anilines is 3. The van der Waals surface area contributed by atoms with Crippen LogP contribution in [0.3, 0.4) is 0 Å². The maximum absolute atomic E-state index is 2.50. The molecule has 0 unspecified atom stereocenters. The number of benzene rings is 9. The molecule has 0 heterocycles. The third-order valence-corrected chi connectivity index (χ3v) is 12.5. The highest BCUT2D eigenvalue weighted by molar-refractivity contribution is 6.28. The van der Waals surface area contributed by atoms with E-state index in [4.69, 9.17) is 0 Å². The first-order valence-electron chi connectivity index (χ1n) is 20.3. The van der Waals surface area contributed by atoms with E-state index in [1.54, 1.807) is 0 Å². The molecule has 1 heteroatoms. The molecule has 0 amide bonds. The summed E-state index contributed by atoms with van der Waals surface area (Å²) in [7, 11) is 0. The van der Waals surface area contributed by atoms with Gasteiger partial charge in [0.1, 0.15) is 0 Å². The molecule has 0 atom stereocenters. The van der Waals surface area contributed by atoms with Gasteiger partial charge in [-0.1, -0.05) is 196 Å². The molecule has 1 aliphatic carbocycles. The lowest BCUT2D eigenvalue weighted by molar-refractivity contribution is 0.660. The summed E-state index contributed by atoms with van der Waals surface area (Å²) in [5, 5.41) is 12.2. The van der Waals surface area contributed by atoms with Crippen molar-refractivity contribution in [3.8, 4) is 22.3 Å². The van der Waals surface area contributed by atoms with E-state index in [1.165, 1.54) is 87.2 Å². The zero-order valence-electron chi connectivity index (χ0n) is 32.7. The molecule has 1 aliphatic rings. The van der Waals surface area contributed by atoms with Crippen molar-refractivity contribution in [2.75, 3.05) is 4.90 Å². The molecular formula is C57H41N. The molecule has 58 heavy (non-hydrogen) atoms. The van der Waals surface area contributed by atoms with Crippen LogP contribution in [0.25, 0.3) is 76.1 Å². The van der Waals surface area contributed by atoms with Gasteiger partial charge in [-0.05, 0) is 112 Å². The summed E-state index contributed by atoms with van der Waals surface area (Å²) in [5.74, 6) is 0. The van der Waals surface area contributed by atoms with Crippen molar-refractivity contribution in [2.45, 2.75) is 19.3 Å². The summed E-state index contributed by atoms with van der Waals surface area (Å²) in [5.41, 5.74) is 11.0. The molecule has 0 bridgehead atoms. The predicted octanol–water partition coefficient (Wildman–Crippen LogP) is 16.0. The number of hydrogen-bond acceptors (Lipinski definition) is 1. The van der Waals surface area contributed by atoms with Gasteiger partial charge >= 0.3 is 0 Å². The summed E-state index contributed by atoms with van der Waals surface area (Å²) in [4.78, 5) is 2.50. The summed E-state index contributed by atoms with van der Waals surface area (Å²) >= 11 is 0. The predicted molar refractivity (Wildman–Crippen MR) is 249 cm³/mol. The summed E-state index contributed by atoms with van der Waals surface area (Å²) in [6, 6.07) is 78.5. The molecule has 0 N–H and O–H groups in total. The van der Waals surface area contributed by atoms with Gasteiger partial charge in [-0.15, -0.1) is 0 Å². The average Bonchev–Trinajstić information content (AvgIpc) is 3.52. The number of nitrogens with zero attached hydrogens (tertiary/aromatic N) is 1. The van der Waals surface area contributed by atoms with Gasteiger partial charge in [-0.3, -0.25) is 0 Å². The fourth-order valence-corrected chi connectivity index (χ4v) is 9.72. The highest BCUT2D eigenvalue weighted by atomic mass is 15.1. The standard InChI is InChI=1S/C57H41N/c1-57(2)53-29-15-14-26-49(53)50-36-35-41(37-54(50)57)58(40-33-31-39(32-34-40)38-17-4-3-5-18-38)55-30-16-28-52-48-24-11-10-23-46(48)44-20-7-6-19-42(44)43-21-8-9-22-45(43)47-25-12-13-27-51(47)56(52)55/h3-37H,1-2H3. The Labute approximate surface area is 339 Å². The first kappa shape index (κ1) is 34.1. The van der Waals surface area contributed by atoms with Gasteiger partial charge < -0.3 is 4.90 Å². The lowest BCUT2D eigenvalue weighted by Crippen LogP contribution is -2.16. The Hall–Kier alpha value is -7.22. The Morgan fingerprint density at radius 3 is 1.29 bits per heavy atom. The second-order valence-electron chi connectivity index (χ2n) is 16.0. The van der Waals surface area contributed by atoms with Gasteiger partial charge in [0.2, 0.25) is 0 Å². The van der Waals surface area contributed by atoms with Crippen molar-refractivity contribution in [3.05, 3.63) is 223 Å². The summed E-state index contributed by atoms with van der Waals surface area (Å²) in [6.07, 6.45) is 0. The van der Waals surface area contributed by atoms with Crippen LogP contribution in [0.15, 0.2) is 212 Å². The van der Waals surface area contributed by atoms with Crippen LogP contribution in [0.5, 0.6) is 0 Å². The normalized spacial score (nSPS) is 12.8. The van der Waals surface area contributed by atoms with E-state index in [-0.39, 0.29) is 5.41 Å². The van der Waals surface area contributed by atoms with Crippen LogP contribution >= 0.6 is 0 Å². The maximum atomic E-state index is 2.50. The van der Waals surface area contributed by atoms with Crippen molar-refractivity contribution >= 4 is 70.9 Å². The molecule has 0 aromatic heterocycles. The molecule has 0 fully saturated rings. The van der Waals surface area contributed by atoms with Crippen LogP contribution < -0.4 is 4.90 Å². The zero-order valence-corrected chi connectivity index (χ0v) is 32.7. The molecule has 0 radical (unpaired) electrons. The molecule has 11 rings (SSSR count). The Kier molecular flexibility index (Phi) is 7.91. The SMILES string of the molecule is CC1(C)c2ccccc2-c2ccc(N(c3ccc(-c4ccccc4)cc3)c3cccc4c5ccccc5c5ccccc5c5ccccc5c5ccccc5c34)cc21. The second-order valence-corrected chi connectivity index (χ2v) is 16.0. The second kappa shape index (κ2) is 13.5. The largest absolute Gasteiger partial charge is 0.310 e. The fraction of sp³-hybridized carbons (Fsp3) is 0.0526. The van der Waals surface area contributed by atoms with Crippen LogP contribution in [-0.2, 0) is 5.41 Å². The van der Waals surface area contributed by atoms with E-state index >= 15 is 0 Å². The van der Waals surface area contributed by atoms with Crippen molar-refractivity contribution < 1.29 is 0 Å². The third-order valence-electron chi connectivity index (χ3n) is 12.5. The van der Waals surface area contributed by atoms with Crippen molar-refractivity contribution in [1.82, 2.24) is 0 Å². The Bertz CT molecular complexity index is 3220. The zero-order chi connectivity index (χ0) is 38.8. The molecule has 0 aliphatic heterocycles. The molecule has 274 valence electrons. The van der Waals surface area contributed by atoms with Crippen LogP contribution in [-0.4, -0.2) is 0 Å². The molecule has 0 spiro atoms. The first-order valence-corrected chi connectivity index (χ1v) is 20.3. The average molecular weight is 740 g/mol. The molecular weight excluding hydrogens is 699 g/mol. The van der Waals surface area contributed by atoms with E-state index < -0.39 is 0 Å². The van der Waals surface area contributed by atoms with Crippen molar-refractivity contribution in [1.29, 1.82) is 0 Å². The lowest BCUT2D eigenvalue weighted by atomic mass is 9.82. The lowest BCUT2D eigenvalue weighted by Gasteiger charge is -2.29. The van der Waals surface area contributed by atoms with Gasteiger partial charge in [0.15, 0.2) is 0 Å². The Morgan fingerprint density at radius 2 is 0.724 bits per heavy atom.